The van der Waals surface area contributed by atoms with E-state index in [1.807, 2.05) is 0 Å². The minimum absolute atomic E-state index is 0.114. The second kappa shape index (κ2) is 10.6. The highest BCUT2D eigenvalue weighted by Crippen LogP contribution is 2.33. The van der Waals surface area contributed by atoms with Gasteiger partial charge in [0.15, 0.2) is 5.82 Å². The number of ether oxygens (including phenoxy) is 2. The van der Waals surface area contributed by atoms with E-state index in [0.29, 0.717) is 51.0 Å². The predicted molar refractivity (Wildman–Crippen MR) is 126 cm³/mol. The highest BCUT2D eigenvalue weighted by molar-refractivity contribution is 5.91. The van der Waals surface area contributed by atoms with Gasteiger partial charge in [-0.25, -0.2) is 19.6 Å². The van der Waals surface area contributed by atoms with Crippen molar-refractivity contribution < 1.29 is 29.0 Å². The third-order valence-corrected chi connectivity index (χ3v) is 5.73. The summed E-state index contributed by atoms with van der Waals surface area (Å²) in [6, 6.07) is 6.43. The molecule has 0 radical (unpaired) electrons. The number of carbonyl (C=O) groups is 3. The van der Waals surface area contributed by atoms with Crippen LogP contribution in [-0.2, 0) is 27.4 Å². The SMILES string of the molecule is CCOC(=O)N1Cc2nc(-c3ccc(NC(=O)NCC(=O)O)cc3)nc(N3CCOCC3C)c2C1. The second-order valence-electron chi connectivity index (χ2n) is 8.25. The van der Waals surface area contributed by atoms with E-state index in [-0.39, 0.29) is 12.1 Å². The minimum atomic E-state index is -1.13. The molecule has 1 unspecified atom stereocenters. The number of benzene rings is 1. The lowest BCUT2D eigenvalue weighted by molar-refractivity contribution is -0.135. The number of carboxylic acid groups (broad SMARTS) is 1. The molecule has 0 bridgehead atoms. The van der Waals surface area contributed by atoms with Crippen LogP contribution < -0.4 is 15.5 Å². The normalized spacial score (nSPS) is 17.0. The van der Waals surface area contributed by atoms with Gasteiger partial charge in [0.25, 0.3) is 0 Å². The Morgan fingerprint density at radius 1 is 1.20 bits per heavy atom. The Morgan fingerprint density at radius 3 is 2.66 bits per heavy atom. The van der Waals surface area contributed by atoms with Crippen LogP contribution in [0, 0.1) is 0 Å². The summed E-state index contributed by atoms with van der Waals surface area (Å²) in [5.74, 6) is 0.157. The van der Waals surface area contributed by atoms with Gasteiger partial charge in [-0.2, -0.15) is 0 Å². The number of fused-ring (bicyclic) bond motifs is 1. The highest BCUT2D eigenvalue weighted by Gasteiger charge is 2.33. The summed E-state index contributed by atoms with van der Waals surface area (Å²) >= 11 is 0. The highest BCUT2D eigenvalue weighted by atomic mass is 16.6. The molecule has 1 fully saturated rings. The molecule has 0 saturated carbocycles. The van der Waals surface area contributed by atoms with E-state index in [4.69, 9.17) is 24.5 Å². The number of amides is 3. The molecule has 186 valence electrons. The topological polar surface area (TPSA) is 146 Å². The van der Waals surface area contributed by atoms with Gasteiger partial charge in [0.05, 0.1) is 44.6 Å². The Morgan fingerprint density at radius 2 is 1.97 bits per heavy atom. The van der Waals surface area contributed by atoms with Crippen molar-refractivity contribution in [3.05, 3.63) is 35.5 Å². The number of carboxylic acids is 1. The van der Waals surface area contributed by atoms with Crippen LogP contribution >= 0.6 is 0 Å². The number of hydrogen-bond donors (Lipinski definition) is 3. The summed E-state index contributed by atoms with van der Waals surface area (Å²) in [6.45, 7) is 6.22. The van der Waals surface area contributed by atoms with Crippen LogP contribution in [0.5, 0.6) is 0 Å². The largest absolute Gasteiger partial charge is 0.480 e. The van der Waals surface area contributed by atoms with Crippen molar-refractivity contribution >= 4 is 29.6 Å². The van der Waals surface area contributed by atoms with Gasteiger partial charge in [0, 0.05) is 23.4 Å². The molecule has 4 rings (SSSR count). The van der Waals surface area contributed by atoms with Crippen molar-refractivity contribution in [1.29, 1.82) is 0 Å². The second-order valence-corrected chi connectivity index (χ2v) is 8.25. The van der Waals surface area contributed by atoms with Crippen molar-refractivity contribution in [2.75, 3.05) is 43.1 Å². The van der Waals surface area contributed by atoms with Crippen LogP contribution in [0.25, 0.3) is 11.4 Å². The van der Waals surface area contributed by atoms with E-state index in [1.165, 1.54) is 0 Å². The maximum atomic E-state index is 12.4. The molecule has 3 N–H and O–H groups in total. The zero-order valence-corrected chi connectivity index (χ0v) is 19.6. The van der Waals surface area contributed by atoms with E-state index in [9.17, 15) is 14.4 Å². The smallest absolute Gasteiger partial charge is 0.410 e. The lowest BCUT2D eigenvalue weighted by Crippen LogP contribution is -2.44. The van der Waals surface area contributed by atoms with Crippen LogP contribution in [0.4, 0.5) is 21.1 Å². The third kappa shape index (κ3) is 5.60. The maximum Gasteiger partial charge on any atom is 0.410 e. The van der Waals surface area contributed by atoms with Crippen LogP contribution in [-0.4, -0.2) is 77.0 Å². The number of hydrogen-bond acceptors (Lipinski definition) is 8. The summed E-state index contributed by atoms with van der Waals surface area (Å²) in [5, 5.41) is 13.5. The first-order valence-corrected chi connectivity index (χ1v) is 11.4. The predicted octanol–water partition coefficient (Wildman–Crippen LogP) is 2.05. The van der Waals surface area contributed by atoms with E-state index in [1.54, 1.807) is 36.1 Å². The summed E-state index contributed by atoms with van der Waals surface area (Å²) in [4.78, 5) is 48.2. The molecule has 3 heterocycles. The fraction of sp³-hybridized carbons (Fsp3) is 0.435. The molecule has 2 aliphatic heterocycles. The minimum Gasteiger partial charge on any atom is -0.480 e. The first-order chi connectivity index (χ1) is 16.9. The van der Waals surface area contributed by atoms with Crippen LogP contribution in [0.15, 0.2) is 24.3 Å². The quantitative estimate of drug-likeness (QED) is 0.560. The zero-order valence-electron chi connectivity index (χ0n) is 19.6. The molecule has 12 heteroatoms. The summed E-state index contributed by atoms with van der Waals surface area (Å²) < 4.78 is 10.8. The maximum absolute atomic E-state index is 12.4. The molecule has 2 aliphatic rings. The number of aliphatic carboxylic acids is 1. The first kappa shape index (κ1) is 24.2. The summed E-state index contributed by atoms with van der Waals surface area (Å²) in [6.07, 6.45) is -0.385. The van der Waals surface area contributed by atoms with Gasteiger partial charge in [-0.05, 0) is 38.1 Å². The van der Waals surface area contributed by atoms with Crippen LogP contribution in [0.3, 0.4) is 0 Å². The average Bonchev–Trinajstić information content (AvgIpc) is 3.28. The van der Waals surface area contributed by atoms with Gasteiger partial charge in [0.2, 0.25) is 0 Å². The standard InChI is InChI=1S/C23H28N6O6/c1-3-35-23(33)28-11-17-18(12-28)26-20(27-21(17)29-8-9-34-13-14(29)2)15-4-6-16(7-5-15)25-22(32)24-10-19(30)31/h4-7,14H,3,8-13H2,1-2H3,(H,30,31)(H2,24,25,32). The number of rotatable bonds is 6. The van der Waals surface area contributed by atoms with Gasteiger partial charge in [0.1, 0.15) is 12.4 Å². The number of nitrogens with zero attached hydrogens (tertiary/aromatic N) is 4. The Kier molecular flexibility index (Phi) is 7.30. The van der Waals surface area contributed by atoms with Gasteiger partial charge >= 0.3 is 18.1 Å². The van der Waals surface area contributed by atoms with Gasteiger partial charge in [-0.1, -0.05) is 0 Å². The number of aromatic nitrogens is 2. The molecule has 1 aromatic heterocycles. The molecular weight excluding hydrogens is 456 g/mol. The Labute approximate surface area is 202 Å². The molecule has 35 heavy (non-hydrogen) atoms. The van der Waals surface area contributed by atoms with E-state index in [2.05, 4.69) is 22.5 Å². The van der Waals surface area contributed by atoms with Crippen molar-refractivity contribution in [2.24, 2.45) is 0 Å². The van der Waals surface area contributed by atoms with Crippen molar-refractivity contribution in [3.63, 3.8) is 0 Å². The van der Waals surface area contributed by atoms with E-state index in [0.717, 1.165) is 22.6 Å². The first-order valence-electron chi connectivity index (χ1n) is 11.4. The van der Waals surface area contributed by atoms with Crippen LogP contribution in [0.1, 0.15) is 25.1 Å². The fourth-order valence-electron chi connectivity index (χ4n) is 4.02. The fourth-order valence-corrected chi connectivity index (χ4v) is 4.02. The monoisotopic (exact) mass is 484 g/mol. The van der Waals surface area contributed by atoms with Crippen molar-refractivity contribution in [1.82, 2.24) is 20.2 Å². The van der Waals surface area contributed by atoms with Gasteiger partial charge < -0.3 is 30.1 Å². The Balaban J connectivity index is 1.60. The molecule has 2 aromatic rings. The molecule has 1 atom stereocenters. The summed E-state index contributed by atoms with van der Waals surface area (Å²) in [5.41, 5.74) is 2.91. The number of urea groups is 1. The van der Waals surface area contributed by atoms with Crippen LogP contribution in [0.2, 0.25) is 0 Å². The lowest BCUT2D eigenvalue weighted by Gasteiger charge is -2.35. The van der Waals surface area contributed by atoms with Gasteiger partial charge in [-0.3, -0.25) is 9.69 Å². The Bertz CT molecular complexity index is 1110. The summed E-state index contributed by atoms with van der Waals surface area (Å²) in [7, 11) is 0. The average molecular weight is 485 g/mol. The molecule has 3 amide bonds. The van der Waals surface area contributed by atoms with Gasteiger partial charge in [-0.15, -0.1) is 0 Å². The number of anilines is 2. The van der Waals surface area contributed by atoms with E-state index < -0.39 is 18.5 Å². The van der Waals surface area contributed by atoms with Crippen molar-refractivity contribution in [2.45, 2.75) is 33.0 Å². The zero-order chi connectivity index (χ0) is 24.9. The lowest BCUT2D eigenvalue weighted by atomic mass is 10.1. The third-order valence-electron chi connectivity index (χ3n) is 5.73. The molecular formula is C23H28N6O6. The van der Waals surface area contributed by atoms with Crippen molar-refractivity contribution in [3.8, 4) is 11.4 Å². The molecule has 0 spiro atoms. The molecule has 1 saturated heterocycles. The van der Waals surface area contributed by atoms with E-state index >= 15 is 0 Å². The number of carbonyl (C=O) groups excluding carboxylic acids is 2. The molecule has 1 aromatic carbocycles. The number of nitrogens with one attached hydrogen (secondary N) is 2. The molecule has 12 nitrogen and oxygen atoms in total. The Hall–Kier alpha value is -3.93. The number of morpholine rings is 1. The molecule has 0 aliphatic carbocycles.